The third-order valence-electron chi connectivity index (χ3n) is 5.40. The van der Waals surface area contributed by atoms with E-state index in [0.717, 1.165) is 24.3 Å². The number of benzene rings is 2. The minimum atomic E-state index is -0.267. The molecular weight excluding hydrogens is 376 g/mol. The van der Waals surface area contributed by atoms with Crippen molar-refractivity contribution in [2.45, 2.75) is 32.1 Å². The summed E-state index contributed by atoms with van der Waals surface area (Å²) in [7, 11) is 0. The molecule has 1 aliphatic heterocycles. The molecular formula is C22H23ClN2O3. The highest BCUT2D eigenvalue weighted by molar-refractivity contribution is 6.32. The van der Waals surface area contributed by atoms with Crippen LogP contribution >= 0.6 is 11.6 Å². The highest BCUT2D eigenvalue weighted by Crippen LogP contribution is 2.42. The minimum Gasteiger partial charge on any atom is -0.483 e. The highest BCUT2D eigenvalue weighted by Gasteiger charge is 2.31. The topological polar surface area (TPSA) is 58.6 Å². The molecule has 2 aromatic carbocycles. The first-order chi connectivity index (χ1) is 13.5. The second-order valence-electron chi connectivity index (χ2n) is 7.44. The van der Waals surface area contributed by atoms with Gasteiger partial charge in [-0.3, -0.25) is 9.59 Å². The molecule has 0 radical (unpaired) electrons. The van der Waals surface area contributed by atoms with Crippen molar-refractivity contribution in [2.24, 2.45) is 0 Å². The van der Waals surface area contributed by atoms with E-state index in [1.54, 1.807) is 12.1 Å². The lowest BCUT2D eigenvalue weighted by Crippen LogP contribution is -2.21. The Morgan fingerprint density at radius 2 is 1.89 bits per heavy atom. The van der Waals surface area contributed by atoms with Crippen LogP contribution < -0.4 is 15.0 Å². The van der Waals surface area contributed by atoms with E-state index in [0.29, 0.717) is 22.8 Å². The van der Waals surface area contributed by atoms with Crippen LogP contribution in [0.1, 0.15) is 48.0 Å². The summed E-state index contributed by atoms with van der Waals surface area (Å²) in [4.78, 5) is 26.9. The maximum Gasteiger partial charge on any atom is 0.262 e. The number of carbonyl (C=O) groups excluding carboxylic acids is 2. The van der Waals surface area contributed by atoms with Crippen molar-refractivity contribution >= 4 is 34.7 Å². The summed E-state index contributed by atoms with van der Waals surface area (Å²) < 4.78 is 5.66. The molecule has 2 aliphatic rings. The Hall–Kier alpha value is -2.53. The van der Waals surface area contributed by atoms with Gasteiger partial charge in [-0.1, -0.05) is 18.5 Å². The summed E-state index contributed by atoms with van der Waals surface area (Å²) in [5.74, 6) is 0.240. The van der Waals surface area contributed by atoms with Crippen LogP contribution in [0.25, 0.3) is 0 Å². The lowest BCUT2D eigenvalue weighted by molar-refractivity contribution is -0.118. The smallest absolute Gasteiger partial charge is 0.262 e. The molecule has 6 heteroatoms. The molecule has 1 heterocycles. The first-order valence-electron chi connectivity index (χ1n) is 9.66. The van der Waals surface area contributed by atoms with E-state index in [2.05, 4.69) is 10.2 Å². The van der Waals surface area contributed by atoms with E-state index in [1.165, 1.54) is 18.5 Å². The van der Waals surface area contributed by atoms with Gasteiger partial charge in [-0.15, -0.1) is 0 Å². The van der Waals surface area contributed by atoms with Crippen LogP contribution in [0, 0.1) is 0 Å². The summed E-state index contributed by atoms with van der Waals surface area (Å²) in [6.45, 7) is 3.98. The molecule has 0 aromatic heterocycles. The molecule has 1 saturated heterocycles. The summed E-state index contributed by atoms with van der Waals surface area (Å²) in [5, 5.41) is 3.41. The Kier molecular flexibility index (Phi) is 5.27. The number of hydrogen-bond acceptors (Lipinski definition) is 4. The third-order valence-corrected chi connectivity index (χ3v) is 5.73. The number of ether oxygens (including phenoxy) is 1. The van der Waals surface area contributed by atoms with E-state index in [1.807, 2.05) is 31.2 Å². The van der Waals surface area contributed by atoms with Crippen LogP contribution in [0.4, 0.5) is 11.4 Å². The summed E-state index contributed by atoms with van der Waals surface area (Å²) in [6, 6.07) is 11.2. The van der Waals surface area contributed by atoms with Crippen molar-refractivity contribution < 1.29 is 14.3 Å². The van der Waals surface area contributed by atoms with Gasteiger partial charge in [-0.2, -0.15) is 0 Å². The van der Waals surface area contributed by atoms with E-state index >= 15 is 0 Å². The van der Waals surface area contributed by atoms with Gasteiger partial charge in [0, 0.05) is 35.9 Å². The largest absolute Gasteiger partial charge is 0.483 e. The fraction of sp³-hybridized carbons (Fsp3) is 0.364. The zero-order valence-corrected chi connectivity index (χ0v) is 16.6. The van der Waals surface area contributed by atoms with Gasteiger partial charge >= 0.3 is 0 Å². The fourth-order valence-electron chi connectivity index (χ4n) is 4.02. The zero-order valence-electron chi connectivity index (χ0n) is 15.8. The zero-order chi connectivity index (χ0) is 19.7. The standard InChI is InChI=1S/C22H23ClN2O3/c1-14-12-18(26)22-19(9-8-17(23)21(14)22)28-13-20(27)24-15-4-6-16(7-5-15)25-10-2-3-11-25/h4-9,14H,2-3,10-13H2,1H3,(H,24,27). The lowest BCUT2D eigenvalue weighted by Gasteiger charge is -2.18. The number of fused-ring (bicyclic) bond motifs is 1. The van der Waals surface area contributed by atoms with Crippen LogP contribution in [0.5, 0.6) is 5.75 Å². The van der Waals surface area contributed by atoms with Gasteiger partial charge in [0.2, 0.25) is 0 Å². The number of ketones is 1. The maximum atomic E-state index is 12.3. The van der Waals surface area contributed by atoms with Crippen molar-refractivity contribution in [3.8, 4) is 5.75 Å². The minimum absolute atomic E-state index is 0.0120. The second kappa shape index (κ2) is 7.84. The van der Waals surface area contributed by atoms with Crippen molar-refractivity contribution in [3.63, 3.8) is 0 Å². The highest BCUT2D eigenvalue weighted by atomic mass is 35.5. The number of anilines is 2. The van der Waals surface area contributed by atoms with Gasteiger partial charge in [0.05, 0.1) is 5.56 Å². The first kappa shape index (κ1) is 18.8. The molecule has 1 aliphatic carbocycles. The molecule has 0 bridgehead atoms. The molecule has 2 aromatic rings. The van der Waals surface area contributed by atoms with Gasteiger partial charge in [-0.05, 0) is 60.7 Å². The molecule has 1 fully saturated rings. The molecule has 1 unspecified atom stereocenters. The molecule has 1 amide bonds. The van der Waals surface area contributed by atoms with Crippen molar-refractivity contribution in [1.82, 2.24) is 0 Å². The molecule has 146 valence electrons. The normalized spacial score (nSPS) is 18.3. The Labute approximate surface area is 169 Å². The number of nitrogens with zero attached hydrogens (tertiary/aromatic N) is 1. The molecule has 0 saturated carbocycles. The van der Waals surface area contributed by atoms with Gasteiger partial charge < -0.3 is 15.0 Å². The fourth-order valence-corrected chi connectivity index (χ4v) is 4.36. The average molecular weight is 399 g/mol. The SMILES string of the molecule is CC1CC(=O)c2c(OCC(=O)Nc3ccc(N4CCCC4)cc3)ccc(Cl)c21. The molecule has 5 nitrogen and oxygen atoms in total. The average Bonchev–Trinajstić information content (AvgIpc) is 3.31. The van der Waals surface area contributed by atoms with Gasteiger partial charge in [0.15, 0.2) is 12.4 Å². The first-order valence-corrected chi connectivity index (χ1v) is 10.0. The van der Waals surface area contributed by atoms with Crippen molar-refractivity contribution in [1.29, 1.82) is 0 Å². The maximum absolute atomic E-state index is 12.3. The molecule has 1 N–H and O–H groups in total. The monoisotopic (exact) mass is 398 g/mol. The van der Waals surface area contributed by atoms with Crippen LogP contribution in [-0.2, 0) is 4.79 Å². The van der Waals surface area contributed by atoms with Crippen molar-refractivity contribution in [3.05, 3.63) is 52.5 Å². The van der Waals surface area contributed by atoms with Gasteiger partial charge in [0.25, 0.3) is 5.91 Å². The third kappa shape index (κ3) is 3.72. The van der Waals surface area contributed by atoms with E-state index < -0.39 is 0 Å². The number of hydrogen-bond donors (Lipinski definition) is 1. The Morgan fingerprint density at radius 3 is 2.61 bits per heavy atom. The number of rotatable bonds is 5. The lowest BCUT2D eigenvalue weighted by atomic mass is 10.0. The molecule has 28 heavy (non-hydrogen) atoms. The number of amides is 1. The van der Waals surface area contributed by atoms with E-state index in [4.69, 9.17) is 16.3 Å². The van der Waals surface area contributed by atoms with E-state index in [-0.39, 0.29) is 24.2 Å². The number of nitrogens with one attached hydrogen (secondary N) is 1. The Balaban J connectivity index is 1.38. The number of halogens is 1. The van der Waals surface area contributed by atoms with Crippen LogP contribution in [0.2, 0.25) is 5.02 Å². The van der Waals surface area contributed by atoms with Crippen molar-refractivity contribution in [2.75, 3.05) is 29.9 Å². The molecule has 1 atom stereocenters. The van der Waals surface area contributed by atoms with Gasteiger partial charge in [-0.25, -0.2) is 0 Å². The molecule has 0 spiro atoms. The number of carbonyl (C=O) groups is 2. The van der Waals surface area contributed by atoms with Crippen LogP contribution in [0.3, 0.4) is 0 Å². The summed E-state index contributed by atoms with van der Waals surface area (Å²) >= 11 is 6.24. The Morgan fingerprint density at radius 1 is 1.18 bits per heavy atom. The summed E-state index contributed by atoms with van der Waals surface area (Å²) in [5.41, 5.74) is 3.24. The van der Waals surface area contributed by atoms with Crippen LogP contribution in [0.15, 0.2) is 36.4 Å². The number of Topliss-reactive ketones (excluding diaryl/α,β-unsaturated/α-hetero) is 1. The van der Waals surface area contributed by atoms with E-state index in [9.17, 15) is 9.59 Å². The second-order valence-corrected chi connectivity index (χ2v) is 7.85. The predicted octanol–water partition coefficient (Wildman–Crippen LogP) is 4.65. The summed E-state index contributed by atoms with van der Waals surface area (Å²) in [6.07, 6.45) is 2.88. The van der Waals surface area contributed by atoms with Gasteiger partial charge in [0.1, 0.15) is 5.75 Å². The Bertz CT molecular complexity index is 905. The quantitative estimate of drug-likeness (QED) is 0.796. The van der Waals surface area contributed by atoms with Crippen LogP contribution in [-0.4, -0.2) is 31.4 Å². The predicted molar refractivity (Wildman–Crippen MR) is 111 cm³/mol. The molecule has 4 rings (SSSR count).